The van der Waals surface area contributed by atoms with Crippen molar-refractivity contribution in [1.29, 1.82) is 0 Å². The SMILES string of the molecule is FC(F)(F)c1ccc2c(c1)B1c3ccccc3Sc3cc(N4c5ccccc5[Si](c5ccccc5)(c5ccccc5)c5ccccc54)cc(c31)O2. The molecule has 51 heavy (non-hydrogen) atoms. The van der Waals surface area contributed by atoms with Crippen LogP contribution in [0.5, 0.6) is 11.5 Å². The number of benzene rings is 7. The van der Waals surface area contributed by atoms with E-state index >= 15 is 0 Å². The molecular formula is C43H27BF3NOSSi. The zero-order chi connectivity index (χ0) is 34.3. The van der Waals surface area contributed by atoms with Crippen molar-refractivity contribution in [2.24, 2.45) is 0 Å². The van der Waals surface area contributed by atoms with Crippen LogP contribution in [0, 0.1) is 0 Å². The van der Waals surface area contributed by atoms with E-state index in [0.717, 1.165) is 43.8 Å². The van der Waals surface area contributed by atoms with E-state index in [0.29, 0.717) is 17.0 Å². The third kappa shape index (κ3) is 4.46. The molecule has 0 atom stereocenters. The lowest BCUT2D eigenvalue weighted by Gasteiger charge is -2.45. The molecule has 0 unspecified atom stereocenters. The molecule has 8 heteroatoms. The van der Waals surface area contributed by atoms with Crippen molar-refractivity contribution in [3.05, 3.63) is 169 Å². The summed E-state index contributed by atoms with van der Waals surface area (Å²) in [6, 6.07) is 55.4. The van der Waals surface area contributed by atoms with Gasteiger partial charge in [-0.25, -0.2) is 0 Å². The van der Waals surface area contributed by atoms with Gasteiger partial charge in [0.15, 0.2) is 8.07 Å². The first-order chi connectivity index (χ1) is 24.9. The Morgan fingerprint density at radius 1 is 0.549 bits per heavy atom. The largest absolute Gasteiger partial charge is 0.458 e. The van der Waals surface area contributed by atoms with Crippen LogP contribution in [-0.4, -0.2) is 14.8 Å². The Kier molecular flexibility index (Phi) is 6.73. The highest BCUT2D eigenvalue weighted by Gasteiger charge is 2.49. The van der Waals surface area contributed by atoms with E-state index in [1.807, 2.05) is 18.2 Å². The van der Waals surface area contributed by atoms with E-state index in [-0.39, 0.29) is 6.71 Å². The third-order valence-electron chi connectivity index (χ3n) is 10.5. The second kappa shape index (κ2) is 11.3. The summed E-state index contributed by atoms with van der Waals surface area (Å²) in [4.78, 5) is 4.35. The molecule has 0 fully saturated rings. The number of halogens is 3. The summed E-state index contributed by atoms with van der Waals surface area (Å²) >= 11 is 1.65. The number of hydrogen-bond donors (Lipinski definition) is 0. The molecule has 0 bridgehead atoms. The number of nitrogens with zero attached hydrogens (tertiary/aromatic N) is 1. The summed E-state index contributed by atoms with van der Waals surface area (Å²) in [6.45, 7) is -0.385. The predicted molar refractivity (Wildman–Crippen MR) is 205 cm³/mol. The third-order valence-corrected chi connectivity index (χ3v) is 16.5. The molecule has 3 heterocycles. The van der Waals surface area contributed by atoms with Crippen LogP contribution in [0.1, 0.15) is 5.56 Å². The average Bonchev–Trinajstić information content (AvgIpc) is 3.16. The normalized spacial score (nSPS) is 14.7. The fraction of sp³-hybridized carbons (Fsp3) is 0.0233. The van der Waals surface area contributed by atoms with E-state index in [1.54, 1.807) is 11.8 Å². The van der Waals surface area contributed by atoms with E-state index in [2.05, 4.69) is 132 Å². The number of rotatable bonds is 3. The van der Waals surface area contributed by atoms with Gasteiger partial charge < -0.3 is 9.64 Å². The monoisotopic (exact) mass is 701 g/mol. The molecule has 3 aliphatic rings. The van der Waals surface area contributed by atoms with Gasteiger partial charge in [0.05, 0.1) is 11.3 Å². The van der Waals surface area contributed by atoms with Crippen LogP contribution in [0.3, 0.4) is 0 Å². The van der Waals surface area contributed by atoms with Crippen LogP contribution in [-0.2, 0) is 6.18 Å². The fourth-order valence-electron chi connectivity index (χ4n) is 8.43. The van der Waals surface area contributed by atoms with E-state index in [9.17, 15) is 13.2 Å². The van der Waals surface area contributed by atoms with E-state index < -0.39 is 19.8 Å². The predicted octanol–water partition coefficient (Wildman–Crippen LogP) is 6.95. The molecular weight excluding hydrogens is 674 g/mol. The summed E-state index contributed by atoms with van der Waals surface area (Å²) in [6.07, 6.45) is -4.46. The minimum Gasteiger partial charge on any atom is -0.458 e. The molecule has 0 saturated heterocycles. The molecule has 7 aromatic carbocycles. The average molecular weight is 702 g/mol. The molecule has 0 N–H and O–H groups in total. The minimum atomic E-state index is -4.46. The summed E-state index contributed by atoms with van der Waals surface area (Å²) in [5.41, 5.74) is 4.90. The lowest BCUT2D eigenvalue weighted by Crippen LogP contribution is -2.77. The Balaban J connectivity index is 1.22. The Labute approximate surface area is 299 Å². The second-order valence-electron chi connectivity index (χ2n) is 13.1. The zero-order valence-corrected chi connectivity index (χ0v) is 28.9. The highest BCUT2D eigenvalue weighted by atomic mass is 32.2. The number of alkyl halides is 3. The quantitative estimate of drug-likeness (QED) is 0.185. The summed E-state index contributed by atoms with van der Waals surface area (Å²) in [5, 5.41) is 5.19. The Morgan fingerprint density at radius 3 is 1.78 bits per heavy atom. The maximum atomic E-state index is 14.0. The highest BCUT2D eigenvalue weighted by Crippen LogP contribution is 2.45. The summed E-state index contributed by atoms with van der Waals surface area (Å²) in [7, 11) is -2.79. The van der Waals surface area contributed by atoms with Crippen molar-refractivity contribution in [2.45, 2.75) is 16.0 Å². The van der Waals surface area contributed by atoms with E-state index in [4.69, 9.17) is 4.74 Å². The van der Waals surface area contributed by atoms with Gasteiger partial charge in [0.2, 0.25) is 0 Å². The standard InChI is InChI=1S/C43H27BF3NOSSi/c45-43(46,47)28-23-24-36-33(25-28)44-32-17-7-10-20-38(32)50-39-27-29(26-37(49-36)42(39)44)48-34-18-8-11-21-40(34)51(30-13-3-1-4-14-30,31-15-5-2-6-16-31)41-22-12-9-19-35(41)48/h1-27H. The van der Waals surface area contributed by atoms with Crippen LogP contribution in [0.2, 0.25) is 0 Å². The van der Waals surface area contributed by atoms with Crippen LogP contribution >= 0.6 is 11.8 Å². The summed E-state index contributed by atoms with van der Waals surface area (Å²) < 4.78 is 48.6. The van der Waals surface area contributed by atoms with Crippen molar-refractivity contribution in [2.75, 3.05) is 4.90 Å². The van der Waals surface area contributed by atoms with Crippen molar-refractivity contribution >= 4 is 80.7 Å². The first-order valence-corrected chi connectivity index (χ1v) is 19.7. The molecule has 0 aromatic heterocycles. The molecule has 7 aromatic rings. The maximum Gasteiger partial charge on any atom is 0.416 e. The van der Waals surface area contributed by atoms with Gasteiger partial charge in [0.25, 0.3) is 6.71 Å². The van der Waals surface area contributed by atoms with Gasteiger partial charge in [-0.15, -0.1) is 0 Å². The first kappa shape index (κ1) is 30.4. The lowest BCUT2D eigenvalue weighted by molar-refractivity contribution is -0.137. The van der Waals surface area contributed by atoms with Crippen molar-refractivity contribution in [3.63, 3.8) is 0 Å². The second-order valence-corrected chi connectivity index (χ2v) is 17.9. The molecule has 0 amide bonds. The number of para-hydroxylation sites is 2. The fourth-order valence-corrected chi connectivity index (χ4v) is 14.7. The number of ether oxygens (including phenoxy) is 1. The Morgan fingerprint density at radius 2 is 1.14 bits per heavy atom. The van der Waals surface area contributed by atoms with E-state index in [1.165, 1.54) is 32.9 Å². The number of hydrogen-bond acceptors (Lipinski definition) is 3. The maximum absolute atomic E-state index is 14.0. The van der Waals surface area contributed by atoms with Gasteiger partial charge in [-0.3, -0.25) is 0 Å². The number of anilines is 3. The molecule has 0 spiro atoms. The smallest absolute Gasteiger partial charge is 0.416 e. The molecule has 2 nitrogen and oxygen atoms in total. The van der Waals surface area contributed by atoms with Gasteiger partial charge in [-0.1, -0.05) is 139 Å². The van der Waals surface area contributed by atoms with Gasteiger partial charge in [-0.2, -0.15) is 13.2 Å². The molecule has 0 aliphatic carbocycles. The van der Waals surface area contributed by atoms with Crippen LogP contribution in [0.4, 0.5) is 30.2 Å². The van der Waals surface area contributed by atoms with Crippen molar-refractivity contribution < 1.29 is 17.9 Å². The van der Waals surface area contributed by atoms with Crippen molar-refractivity contribution in [3.8, 4) is 11.5 Å². The minimum absolute atomic E-state index is 0.385. The topological polar surface area (TPSA) is 12.5 Å². The molecule has 0 radical (unpaired) electrons. The zero-order valence-electron chi connectivity index (χ0n) is 27.1. The van der Waals surface area contributed by atoms with Crippen LogP contribution in [0.25, 0.3) is 0 Å². The van der Waals surface area contributed by atoms with Gasteiger partial charge in [0.1, 0.15) is 11.5 Å². The van der Waals surface area contributed by atoms with Crippen LogP contribution < -0.4 is 46.8 Å². The first-order valence-electron chi connectivity index (χ1n) is 16.9. The van der Waals surface area contributed by atoms with Crippen LogP contribution in [0.15, 0.2) is 174 Å². The highest BCUT2D eigenvalue weighted by molar-refractivity contribution is 8.00. The molecule has 10 rings (SSSR count). The Bertz CT molecular complexity index is 2400. The Hall–Kier alpha value is -5.44. The lowest BCUT2D eigenvalue weighted by atomic mass is 9.35. The van der Waals surface area contributed by atoms with Crippen molar-refractivity contribution in [1.82, 2.24) is 0 Å². The molecule has 244 valence electrons. The van der Waals surface area contributed by atoms with Gasteiger partial charge in [0, 0.05) is 27.2 Å². The number of fused-ring (bicyclic) bond motifs is 6. The van der Waals surface area contributed by atoms with Gasteiger partial charge in [-0.05, 0) is 68.1 Å². The summed E-state index contributed by atoms with van der Waals surface area (Å²) in [5.74, 6) is 1.11. The molecule has 3 aliphatic heterocycles. The molecule has 0 saturated carbocycles. The van der Waals surface area contributed by atoms with Gasteiger partial charge >= 0.3 is 6.18 Å².